The minimum Gasteiger partial charge on any atom is -0.198 e. The van der Waals surface area contributed by atoms with Crippen LogP contribution in [0.25, 0.3) is 0 Å². The maximum atomic E-state index is 3.49. The van der Waals surface area contributed by atoms with E-state index in [9.17, 15) is 0 Å². The average Bonchev–Trinajstić information content (AvgIpc) is 3.38. The molecule has 0 aliphatic heterocycles. The molecule has 0 fully saturated rings. The first kappa shape index (κ1) is 15.5. The molecule has 4 rings (SSSR count). The van der Waals surface area contributed by atoms with Crippen molar-refractivity contribution in [2.45, 2.75) is 0 Å². The van der Waals surface area contributed by atoms with Crippen molar-refractivity contribution in [2.24, 2.45) is 0 Å². The predicted molar refractivity (Wildman–Crippen MR) is 69.0 cm³/mol. The molecule has 0 aliphatic rings. The van der Waals surface area contributed by atoms with Gasteiger partial charge in [-0.1, -0.05) is 0 Å². The summed E-state index contributed by atoms with van der Waals surface area (Å²) in [6.07, 6.45) is 12.7. The highest BCUT2D eigenvalue weighted by atomic mass is 15.3. The Morgan fingerprint density at radius 1 is 0.429 bits per heavy atom. The number of rotatable bonds is 0. The molecular formula is C9H12N12. The zero-order valence-corrected chi connectivity index (χ0v) is 10.7. The van der Waals surface area contributed by atoms with E-state index in [1.165, 1.54) is 0 Å². The second-order valence-electron chi connectivity index (χ2n) is 2.78. The van der Waals surface area contributed by atoms with Crippen molar-refractivity contribution in [2.75, 3.05) is 0 Å². The van der Waals surface area contributed by atoms with Gasteiger partial charge in [0, 0.05) is 0 Å². The third-order valence-electron chi connectivity index (χ3n) is 1.40. The number of nitrogens with zero attached hydrogens (tertiary/aromatic N) is 9. The van der Waals surface area contributed by atoms with Crippen molar-refractivity contribution in [1.29, 1.82) is 0 Å². The molecule has 0 unspecified atom stereocenters. The molecule has 4 heterocycles. The Morgan fingerprint density at radius 2 is 0.762 bits per heavy atom. The molecular weight excluding hydrogens is 276 g/mol. The summed E-state index contributed by atoms with van der Waals surface area (Å²) in [5, 5.41) is 38.1. The van der Waals surface area contributed by atoms with Gasteiger partial charge in [-0.15, -0.1) is 10.2 Å². The van der Waals surface area contributed by atoms with Crippen LogP contribution in [0.15, 0.2) is 55.6 Å². The topological polar surface area (TPSA) is 163 Å². The Bertz CT molecular complexity index is 420. The molecule has 0 aliphatic carbocycles. The Balaban J connectivity index is 0.000000140. The first-order valence-electron chi connectivity index (χ1n) is 5.47. The molecule has 0 radical (unpaired) electrons. The van der Waals surface area contributed by atoms with Crippen LogP contribution in [-0.2, 0) is 0 Å². The number of aromatic nitrogens is 12. The fourth-order valence-corrected chi connectivity index (χ4v) is 0.705. The van der Waals surface area contributed by atoms with Gasteiger partial charge in [0.15, 0.2) is 0 Å². The van der Waals surface area contributed by atoms with Crippen LogP contribution >= 0.6 is 0 Å². The summed E-state index contributed by atoms with van der Waals surface area (Å²) in [5.41, 5.74) is 0. The molecule has 4 aromatic heterocycles. The standard InChI is InChI=1S/C3H3N3.3C2H3N3/c1-2-4-6-5-3-1;3*1-2-4-5-3-1/h1-3H;3*1-2H,(H,3,4,5). The summed E-state index contributed by atoms with van der Waals surface area (Å²) in [6.45, 7) is 0. The van der Waals surface area contributed by atoms with E-state index in [-0.39, 0.29) is 0 Å². The lowest BCUT2D eigenvalue weighted by molar-refractivity contribution is 0.865. The van der Waals surface area contributed by atoms with Crippen LogP contribution in [0.5, 0.6) is 0 Å². The van der Waals surface area contributed by atoms with Gasteiger partial charge in [0.2, 0.25) is 0 Å². The fourth-order valence-electron chi connectivity index (χ4n) is 0.705. The third-order valence-corrected chi connectivity index (χ3v) is 1.40. The molecule has 0 saturated carbocycles. The second kappa shape index (κ2) is 12.9. The maximum Gasteiger partial charge on any atom is 0.0690 e. The fraction of sp³-hybridized carbons (Fsp3) is 0. The Hall–Kier alpha value is -3.57. The molecule has 12 heteroatoms. The average molecular weight is 288 g/mol. The van der Waals surface area contributed by atoms with Crippen molar-refractivity contribution in [1.82, 2.24) is 61.6 Å². The van der Waals surface area contributed by atoms with E-state index in [4.69, 9.17) is 0 Å². The largest absolute Gasteiger partial charge is 0.198 e. The van der Waals surface area contributed by atoms with E-state index in [0.717, 1.165) is 0 Å². The predicted octanol–water partition coefficient (Wildman–Crippen LogP) is -0.714. The van der Waals surface area contributed by atoms with Gasteiger partial charge in [0.05, 0.1) is 49.6 Å². The molecule has 108 valence electrons. The number of hydrogen-bond donors (Lipinski definition) is 3. The molecule has 3 N–H and O–H groups in total. The zero-order chi connectivity index (χ0) is 14.8. The Morgan fingerprint density at radius 3 is 0.857 bits per heavy atom. The number of nitrogens with one attached hydrogen (secondary N) is 3. The monoisotopic (exact) mass is 288 g/mol. The van der Waals surface area contributed by atoms with Gasteiger partial charge < -0.3 is 0 Å². The van der Waals surface area contributed by atoms with E-state index in [0.29, 0.717) is 0 Å². The highest BCUT2D eigenvalue weighted by Gasteiger charge is 1.60. The van der Waals surface area contributed by atoms with Crippen molar-refractivity contribution in [3.05, 3.63) is 55.6 Å². The van der Waals surface area contributed by atoms with Gasteiger partial charge in [-0.05, 0) is 11.3 Å². The third kappa shape index (κ3) is 11.3. The molecule has 21 heavy (non-hydrogen) atoms. The molecule has 0 bridgehead atoms. The van der Waals surface area contributed by atoms with Crippen molar-refractivity contribution in [3.8, 4) is 0 Å². The van der Waals surface area contributed by atoms with E-state index in [2.05, 4.69) is 61.6 Å². The molecule has 0 saturated heterocycles. The van der Waals surface area contributed by atoms with Crippen molar-refractivity contribution >= 4 is 0 Å². The van der Waals surface area contributed by atoms with Gasteiger partial charge in [-0.25, -0.2) is 0 Å². The lowest BCUT2D eigenvalue weighted by Crippen LogP contribution is -1.78. The van der Waals surface area contributed by atoms with Crippen LogP contribution < -0.4 is 0 Å². The Labute approximate surface area is 118 Å². The minimum absolute atomic E-state index is 1.58. The smallest absolute Gasteiger partial charge is 0.0690 e. The van der Waals surface area contributed by atoms with Gasteiger partial charge in [0.25, 0.3) is 0 Å². The van der Waals surface area contributed by atoms with E-state index in [1.54, 1.807) is 55.6 Å². The highest BCUT2D eigenvalue weighted by molar-refractivity contribution is 4.69. The first-order valence-corrected chi connectivity index (χ1v) is 5.47. The minimum atomic E-state index is 1.58. The lowest BCUT2D eigenvalue weighted by atomic mass is 10.7. The molecule has 0 atom stereocenters. The maximum absolute atomic E-state index is 3.49. The number of aromatic amines is 3. The van der Waals surface area contributed by atoms with Gasteiger partial charge in [-0.3, -0.25) is 0 Å². The van der Waals surface area contributed by atoms with E-state index in [1.807, 2.05) is 0 Å². The van der Waals surface area contributed by atoms with E-state index < -0.39 is 0 Å². The van der Waals surface area contributed by atoms with Crippen LogP contribution in [-0.4, -0.2) is 61.6 Å². The van der Waals surface area contributed by atoms with Crippen molar-refractivity contribution in [3.63, 3.8) is 0 Å². The first-order chi connectivity index (χ1) is 10.5. The lowest BCUT2D eigenvalue weighted by Gasteiger charge is -1.68. The van der Waals surface area contributed by atoms with Gasteiger partial charge in [-0.2, -0.15) is 46.2 Å². The highest BCUT2D eigenvalue weighted by Crippen LogP contribution is 1.62. The summed E-state index contributed by atoms with van der Waals surface area (Å²) in [6, 6.07) is 1.72. The van der Waals surface area contributed by atoms with Crippen LogP contribution in [0.4, 0.5) is 0 Å². The summed E-state index contributed by atoms with van der Waals surface area (Å²) in [5.74, 6) is 0. The molecule has 12 nitrogen and oxygen atoms in total. The van der Waals surface area contributed by atoms with Crippen LogP contribution in [0.2, 0.25) is 0 Å². The normalized spacial score (nSPS) is 8.00. The SMILES string of the molecule is c1cn[nH]n1.c1cn[nH]n1.c1cn[nH]n1.c1cnnnc1. The number of H-pyrrole nitrogens is 3. The van der Waals surface area contributed by atoms with Crippen LogP contribution in [0, 0.1) is 0 Å². The summed E-state index contributed by atoms with van der Waals surface area (Å²) >= 11 is 0. The molecule has 0 aromatic carbocycles. The molecule has 0 spiro atoms. The number of hydrogen-bond acceptors (Lipinski definition) is 9. The quantitative estimate of drug-likeness (QED) is 0.379. The van der Waals surface area contributed by atoms with Gasteiger partial charge in [0.1, 0.15) is 0 Å². The molecule has 0 amide bonds. The van der Waals surface area contributed by atoms with Gasteiger partial charge >= 0.3 is 0 Å². The zero-order valence-electron chi connectivity index (χ0n) is 10.7. The summed E-state index contributed by atoms with van der Waals surface area (Å²) < 4.78 is 0. The second-order valence-corrected chi connectivity index (χ2v) is 2.78. The van der Waals surface area contributed by atoms with E-state index >= 15 is 0 Å². The summed E-state index contributed by atoms with van der Waals surface area (Å²) in [4.78, 5) is 0. The van der Waals surface area contributed by atoms with Crippen LogP contribution in [0.3, 0.4) is 0 Å². The van der Waals surface area contributed by atoms with Crippen LogP contribution in [0.1, 0.15) is 0 Å². The Kier molecular flexibility index (Phi) is 9.50. The summed E-state index contributed by atoms with van der Waals surface area (Å²) in [7, 11) is 0. The molecule has 4 aromatic rings. The van der Waals surface area contributed by atoms with Crippen molar-refractivity contribution < 1.29 is 0 Å².